The van der Waals surface area contributed by atoms with Crippen molar-refractivity contribution in [2.45, 2.75) is 13.3 Å². The van der Waals surface area contributed by atoms with E-state index in [1.807, 2.05) is 0 Å². The quantitative estimate of drug-likeness (QED) is 0.533. The number of hydrogen-bond donors (Lipinski definition) is 0. The Balaban J connectivity index is 1.36. The first kappa shape index (κ1) is 21.5. The maximum atomic E-state index is 12.9. The van der Waals surface area contributed by atoms with E-state index < -0.39 is 6.16 Å². The van der Waals surface area contributed by atoms with Crippen molar-refractivity contribution in [3.05, 3.63) is 53.6 Å². The zero-order valence-corrected chi connectivity index (χ0v) is 17.7. The molecule has 9 nitrogen and oxygen atoms in total. The molecule has 0 saturated carbocycles. The summed E-state index contributed by atoms with van der Waals surface area (Å²) in [5, 5.41) is 0. The fourth-order valence-corrected chi connectivity index (χ4v) is 3.63. The van der Waals surface area contributed by atoms with Crippen LogP contribution in [0.25, 0.3) is 0 Å². The predicted octanol–water partition coefficient (Wildman–Crippen LogP) is 2.94. The molecule has 168 valence electrons. The SMILES string of the molecule is CCOC(=O)Oc1ccc(C(=O)N2CCCN(C(=O)c3ccc4c(c3)OCO4)CC2)cc1. The Morgan fingerprint density at radius 2 is 1.47 bits per heavy atom. The first-order valence-corrected chi connectivity index (χ1v) is 10.5. The molecule has 2 aromatic rings. The summed E-state index contributed by atoms with van der Waals surface area (Å²) in [6.07, 6.45) is -0.113. The van der Waals surface area contributed by atoms with Crippen LogP contribution >= 0.6 is 0 Å². The first-order valence-electron chi connectivity index (χ1n) is 10.5. The zero-order chi connectivity index (χ0) is 22.5. The summed E-state index contributed by atoms with van der Waals surface area (Å²) in [5.74, 6) is 1.27. The van der Waals surface area contributed by atoms with E-state index in [0.29, 0.717) is 61.0 Å². The minimum Gasteiger partial charge on any atom is -0.454 e. The van der Waals surface area contributed by atoms with Gasteiger partial charge in [-0.15, -0.1) is 0 Å². The Hall–Kier alpha value is -3.75. The van der Waals surface area contributed by atoms with Gasteiger partial charge in [-0.25, -0.2) is 4.79 Å². The Kier molecular flexibility index (Phi) is 6.44. The molecule has 1 saturated heterocycles. The average molecular weight is 440 g/mol. The van der Waals surface area contributed by atoms with E-state index in [4.69, 9.17) is 18.9 Å². The summed E-state index contributed by atoms with van der Waals surface area (Å²) in [6.45, 7) is 4.03. The highest BCUT2D eigenvalue weighted by molar-refractivity contribution is 5.96. The lowest BCUT2D eigenvalue weighted by Gasteiger charge is -2.22. The lowest BCUT2D eigenvalue weighted by molar-refractivity contribution is 0.0718. The smallest absolute Gasteiger partial charge is 0.454 e. The number of rotatable bonds is 4. The predicted molar refractivity (Wildman–Crippen MR) is 113 cm³/mol. The number of benzene rings is 2. The summed E-state index contributed by atoms with van der Waals surface area (Å²) in [4.78, 5) is 40.7. The van der Waals surface area contributed by atoms with Gasteiger partial charge < -0.3 is 28.7 Å². The van der Waals surface area contributed by atoms with Crippen molar-refractivity contribution in [3.63, 3.8) is 0 Å². The summed E-state index contributed by atoms with van der Waals surface area (Å²) < 4.78 is 20.4. The molecule has 0 N–H and O–H groups in total. The summed E-state index contributed by atoms with van der Waals surface area (Å²) >= 11 is 0. The van der Waals surface area contributed by atoms with Gasteiger partial charge in [-0.05, 0) is 55.8 Å². The van der Waals surface area contributed by atoms with E-state index in [9.17, 15) is 14.4 Å². The van der Waals surface area contributed by atoms with Crippen LogP contribution in [0.3, 0.4) is 0 Å². The number of amides is 2. The molecule has 0 aliphatic carbocycles. The summed E-state index contributed by atoms with van der Waals surface area (Å²) in [5.41, 5.74) is 1.02. The molecule has 1 fully saturated rings. The second-order valence-corrected chi connectivity index (χ2v) is 7.32. The molecule has 0 aromatic heterocycles. The molecule has 0 unspecified atom stereocenters. The molecular weight excluding hydrogens is 416 g/mol. The molecular formula is C23H24N2O7. The van der Waals surface area contributed by atoms with E-state index in [0.717, 1.165) is 0 Å². The van der Waals surface area contributed by atoms with Gasteiger partial charge in [0.25, 0.3) is 11.8 Å². The molecule has 0 radical (unpaired) electrons. The second-order valence-electron chi connectivity index (χ2n) is 7.32. The van der Waals surface area contributed by atoms with E-state index in [1.54, 1.807) is 59.2 Å². The van der Waals surface area contributed by atoms with Crippen LogP contribution in [0.5, 0.6) is 17.2 Å². The molecule has 2 heterocycles. The largest absolute Gasteiger partial charge is 0.513 e. The Morgan fingerprint density at radius 3 is 2.16 bits per heavy atom. The molecule has 2 aliphatic rings. The lowest BCUT2D eigenvalue weighted by atomic mass is 10.1. The van der Waals surface area contributed by atoms with E-state index in [-0.39, 0.29) is 25.2 Å². The van der Waals surface area contributed by atoms with Crippen molar-refractivity contribution in [1.29, 1.82) is 0 Å². The zero-order valence-electron chi connectivity index (χ0n) is 17.7. The normalized spacial score (nSPS) is 15.2. The van der Waals surface area contributed by atoms with Gasteiger partial charge >= 0.3 is 6.16 Å². The first-order chi connectivity index (χ1) is 15.5. The van der Waals surface area contributed by atoms with Crippen molar-refractivity contribution in [1.82, 2.24) is 9.80 Å². The molecule has 0 bridgehead atoms. The van der Waals surface area contributed by atoms with Gasteiger partial charge in [0.05, 0.1) is 6.61 Å². The number of nitrogens with zero attached hydrogens (tertiary/aromatic N) is 2. The average Bonchev–Trinajstić information content (AvgIpc) is 3.13. The third-order valence-corrected chi connectivity index (χ3v) is 5.25. The molecule has 4 rings (SSSR count). The molecule has 9 heteroatoms. The van der Waals surface area contributed by atoms with Crippen molar-refractivity contribution in [2.24, 2.45) is 0 Å². The fourth-order valence-electron chi connectivity index (χ4n) is 3.63. The number of carbonyl (C=O) groups is 3. The number of hydrogen-bond acceptors (Lipinski definition) is 7. The van der Waals surface area contributed by atoms with E-state index >= 15 is 0 Å². The van der Waals surface area contributed by atoms with Crippen molar-refractivity contribution in [3.8, 4) is 17.2 Å². The molecule has 2 amide bonds. The van der Waals surface area contributed by atoms with Crippen LogP contribution in [0.4, 0.5) is 4.79 Å². The number of carbonyl (C=O) groups excluding carboxylic acids is 3. The molecule has 2 aliphatic heterocycles. The van der Waals surface area contributed by atoms with Crippen LogP contribution in [0.15, 0.2) is 42.5 Å². The monoisotopic (exact) mass is 440 g/mol. The van der Waals surface area contributed by atoms with Gasteiger partial charge in [0.2, 0.25) is 6.79 Å². The molecule has 0 spiro atoms. The lowest BCUT2D eigenvalue weighted by Crippen LogP contribution is -2.37. The van der Waals surface area contributed by atoms with Crippen LogP contribution < -0.4 is 14.2 Å². The van der Waals surface area contributed by atoms with E-state index in [1.165, 1.54) is 0 Å². The minimum atomic E-state index is -0.786. The van der Waals surface area contributed by atoms with Crippen LogP contribution in [0.2, 0.25) is 0 Å². The third-order valence-electron chi connectivity index (χ3n) is 5.25. The number of ether oxygens (including phenoxy) is 4. The topological polar surface area (TPSA) is 94.6 Å². The maximum absolute atomic E-state index is 12.9. The van der Waals surface area contributed by atoms with Crippen molar-refractivity contribution < 1.29 is 33.3 Å². The van der Waals surface area contributed by atoms with Crippen LogP contribution in [-0.2, 0) is 4.74 Å². The van der Waals surface area contributed by atoms with Crippen LogP contribution in [0.1, 0.15) is 34.1 Å². The molecule has 32 heavy (non-hydrogen) atoms. The standard InChI is InChI=1S/C23H24N2O7/c1-2-29-23(28)32-18-7-4-16(5-8-18)21(26)24-10-3-11-25(13-12-24)22(27)17-6-9-19-20(14-17)31-15-30-19/h4-9,14H,2-3,10-13,15H2,1H3. The highest BCUT2D eigenvalue weighted by atomic mass is 16.7. The maximum Gasteiger partial charge on any atom is 0.513 e. The van der Waals surface area contributed by atoms with Crippen LogP contribution in [-0.4, -0.2) is 67.3 Å². The van der Waals surface area contributed by atoms with Gasteiger partial charge in [-0.2, -0.15) is 0 Å². The molecule has 2 aromatic carbocycles. The highest BCUT2D eigenvalue weighted by Crippen LogP contribution is 2.32. The van der Waals surface area contributed by atoms with Gasteiger partial charge in [0, 0.05) is 37.3 Å². The molecule has 0 atom stereocenters. The fraction of sp³-hybridized carbons (Fsp3) is 0.348. The van der Waals surface area contributed by atoms with Gasteiger partial charge in [0.1, 0.15) is 5.75 Å². The Labute approximate surface area is 185 Å². The summed E-state index contributed by atoms with van der Waals surface area (Å²) in [6, 6.07) is 11.5. The van der Waals surface area contributed by atoms with Gasteiger partial charge in [-0.3, -0.25) is 9.59 Å². The Bertz CT molecular complexity index is 1010. The van der Waals surface area contributed by atoms with E-state index in [2.05, 4.69) is 0 Å². The van der Waals surface area contributed by atoms with Gasteiger partial charge in [0.15, 0.2) is 11.5 Å². The van der Waals surface area contributed by atoms with Crippen molar-refractivity contribution in [2.75, 3.05) is 39.6 Å². The summed E-state index contributed by atoms with van der Waals surface area (Å²) in [7, 11) is 0. The Morgan fingerprint density at radius 1 is 0.844 bits per heavy atom. The van der Waals surface area contributed by atoms with Gasteiger partial charge in [-0.1, -0.05) is 0 Å². The number of fused-ring (bicyclic) bond motifs is 1. The van der Waals surface area contributed by atoms with Crippen molar-refractivity contribution >= 4 is 18.0 Å². The highest BCUT2D eigenvalue weighted by Gasteiger charge is 2.25. The third kappa shape index (κ3) is 4.77. The second kappa shape index (κ2) is 9.59. The minimum absolute atomic E-state index is 0.0990. The van der Waals surface area contributed by atoms with Crippen LogP contribution in [0, 0.1) is 0 Å².